The summed E-state index contributed by atoms with van der Waals surface area (Å²) in [6, 6.07) is 1.61. The van der Waals surface area contributed by atoms with Crippen LogP contribution >= 0.6 is 11.3 Å². The van der Waals surface area contributed by atoms with E-state index in [-0.39, 0.29) is 6.04 Å². The molecule has 1 aromatic rings. The summed E-state index contributed by atoms with van der Waals surface area (Å²) in [5.41, 5.74) is 5.51. The molecule has 1 atom stereocenters. The molecule has 0 saturated heterocycles. The second-order valence-corrected chi connectivity index (χ2v) is 2.91. The maximum atomic E-state index is 9.05. The van der Waals surface area contributed by atoms with E-state index in [1.54, 1.807) is 6.07 Å². The summed E-state index contributed by atoms with van der Waals surface area (Å²) in [7, 11) is 0. The molecule has 50 valence electrons. The second-order valence-electron chi connectivity index (χ2n) is 1.96. The van der Waals surface area contributed by atoms with E-state index in [9.17, 15) is 0 Å². The Balaban J connectivity index is 2.94. The predicted octanol–water partition coefficient (Wildman–Crippen LogP) is 1.47. The Morgan fingerprint density at radius 2 is 2.44 bits per heavy atom. The van der Waals surface area contributed by atoms with E-state index in [1.807, 2.05) is 12.3 Å². The van der Waals surface area contributed by atoms with Gasteiger partial charge in [-0.2, -0.15) is 0 Å². The van der Waals surface area contributed by atoms with Gasteiger partial charge in [0.05, 0.1) is 4.88 Å². The van der Waals surface area contributed by atoms with Gasteiger partial charge in [-0.1, -0.05) is 0 Å². The molecule has 0 aliphatic carbocycles. The van der Waals surface area contributed by atoms with E-state index in [1.165, 1.54) is 11.3 Å². The van der Waals surface area contributed by atoms with Gasteiger partial charge in [-0.15, -0.1) is 11.3 Å². The fraction of sp³-hybridized carbons (Fsp3) is 0.333. The lowest BCUT2D eigenvalue weighted by Gasteiger charge is -1.99. The fourth-order valence-corrected chi connectivity index (χ4v) is 1.40. The van der Waals surface area contributed by atoms with Crippen molar-refractivity contribution in [2.75, 3.05) is 0 Å². The summed E-state index contributed by atoms with van der Waals surface area (Å²) in [5.74, 6) is 0.315. The van der Waals surface area contributed by atoms with Crippen LogP contribution in [0.4, 0.5) is 0 Å². The van der Waals surface area contributed by atoms with Crippen molar-refractivity contribution < 1.29 is 5.11 Å². The first-order chi connectivity index (χ1) is 4.22. The van der Waals surface area contributed by atoms with Crippen LogP contribution in [0.5, 0.6) is 5.75 Å². The molecular formula is C6H9NOS. The van der Waals surface area contributed by atoms with Crippen molar-refractivity contribution in [1.29, 1.82) is 0 Å². The number of thiophene rings is 1. The number of hydrogen-bond acceptors (Lipinski definition) is 3. The first-order valence-corrected chi connectivity index (χ1v) is 3.61. The molecule has 0 saturated carbocycles. The Morgan fingerprint density at radius 3 is 2.67 bits per heavy atom. The molecule has 0 aliphatic rings. The van der Waals surface area contributed by atoms with Gasteiger partial charge < -0.3 is 10.8 Å². The number of nitrogens with two attached hydrogens (primary N) is 1. The summed E-state index contributed by atoms with van der Waals surface area (Å²) >= 11 is 1.48. The second kappa shape index (κ2) is 2.37. The van der Waals surface area contributed by atoms with Crippen LogP contribution in [-0.2, 0) is 0 Å². The van der Waals surface area contributed by atoms with Gasteiger partial charge in [-0.3, -0.25) is 0 Å². The average molecular weight is 143 g/mol. The Bertz CT molecular complexity index is 195. The first-order valence-electron chi connectivity index (χ1n) is 2.73. The van der Waals surface area contributed by atoms with Crippen LogP contribution in [0, 0.1) is 0 Å². The summed E-state index contributed by atoms with van der Waals surface area (Å²) in [6.45, 7) is 1.85. The van der Waals surface area contributed by atoms with Gasteiger partial charge >= 0.3 is 0 Å². The zero-order chi connectivity index (χ0) is 6.85. The van der Waals surface area contributed by atoms with Crippen molar-refractivity contribution in [2.45, 2.75) is 13.0 Å². The Labute approximate surface area is 57.9 Å². The molecule has 0 aromatic carbocycles. The van der Waals surface area contributed by atoms with Crippen molar-refractivity contribution >= 4 is 11.3 Å². The van der Waals surface area contributed by atoms with Crippen LogP contribution in [0.2, 0.25) is 0 Å². The Kier molecular flexibility index (Phi) is 1.73. The van der Waals surface area contributed by atoms with Crippen LogP contribution in [-0.4, -0.2) is 5.11 Å². The van der Waals surface area contributed by atoms with E-state index < -0.39 is 0 Å². The molecule has 3 heteroatoms. The van der Waals surface area contributed by atoms with Crippen LogP contribution in [0.15, 0.2) is 11.4 Å². The van der Waals surface area contributed by atoms with Crippen LogP contribution in [0.1, 0.15) is 17.8 Å². The van der Waals surface area contributed by atoms with Crippen molar-refractivity contribution in [3.8, 4) is 5.75 Å². The lowest BCUT2D eigenvalue weighted by atomic mass is 10.3. The van der Waals surface area contributed by atoms with Gasteiger partial charge in [0.2, 0.25) is 0 Å². The highest BCUT2D eigenvalue weighted by molar-refractivity contribution is 7.10. The fourth-order valence-electron chi connectivity index (χ4n) is 0.655. The van der Waals surface area contributed by atoms with E-state index in [0.29, 0.717) is 5.75 Å². The molecule has 1 unspecified atom stereocenters. The van der Waals surface area contributed by atoms with E-state index in [2.05, 4.69) is 0 Å². The average Bonchev–Trinajstić information content (AvgIpc) is 2.13. The van der Waals surface area contributed by atoms with Gasteiger partial charge in [-0.25, -0.2) is 0 Å². The van der Waals surface area contributed by atoms with Crippen molar-refractivity contribution in [3.63, 3.8) is 0 Å². The largest absolute Gasteiger partial charge is 0.507 e. The first kappa shape index (κ1) is 6.58. The van der Waals surface area contributed by atoms with Gasteiger partial charge in [0.25, 0.3) is 0 Å². The number of hydrogen-bond donors (Lipinski definition) is 2. The minimum atomic E-state index is -0.0509. The molecule has 1 heterocycles. The minimum absolute atomic E-state index is 0.0509. The molecule has 0 amide bonds. The lowest BCUT2D eigenvalue weighted by molar-refractivity contribution is 0.468. The summed E-state index contributed by atoms with van der Waals surface area (Å²) in [5, 5.41) is 10.9. The molecule has 1 rings (SSSR count). The van der Waals surface area contributed by atoms with Crippen LogP contribution in [0.3, 0.4) is 0 Å². The maximum Gasteiger partial charge on any atom is 0.131 e. The molecule has 0 bridgehead atoms. The predicted molar refractivity (Wildman–Crippen MR) is 38.6 cm³/mol. The normalized spacial score (nSPS) is 13.6. The molecule has 9 heavy (non-hydrogen) atoms. The third-order valence-corrected chi connectivity index (χ3v) is 2.19. The van der Waals surface area contributed by atoms with Gasteiger partial charge in [0.15, 0.2) is 0 Å². The topological polar surface area (TPSA) is 46.2 Å². The van der Waals surface area contributed by atoms with Gasteiger partial charge in [-0.05, 0) is 18.4 Å². The highest BCUT2D eigenvalue weighted by Crippen LogP contribution is 2.27. The highest BCUT2D eigenvalue weighted by Gasteiger charge is 2.05. The summed E-state index contributed by atoms with van der Waals surface area (Å²) < 4.78 is 0. The molecule has 0 spiro atoms. The van der Waals surface area contributed by atoms with Crippen molar-refractivity contribution in [1.82, 2.24) is 0 Å². The van der Waals surface area contributed by atoms with Crippen LogP contribution in [0.25, 0.3) is 0 Å². The quantitative estimate of drug-likeness (QED) is 0.625. The molecule has 0 fully saturated rings. The Hall–Kier alpha value is -0.540. The van der Waals surface area contributed by atoms with Gasteiger partial charge in [0, 0.05) is 6.04 Å². The third kappa shape index (κ3) is 1.23. The zero-order valence-corrected chi connectivity index (χ0v) is 5.98. The van der Waals surface area contributed by atoms with E-state index in [4.69, 9.17) is 10.8 Å². The Morgan fingerprint density at radius 1 is 1.78 bits per heavy atom. The van der Waals surface area contributed by atoms with Crippen LogP contribution < -0.4 is 5.73 Å². The van der Waals surface area contributed by atoms with E-state index >= 15 is 0 Å². The maximum absolute atomic E-state index is 9.05. The third-order valence-electron chi connectivity index (χ3n) is 1.09. The standard InChI is InChI=1S/C6H9NOS/c1-4(7)6-5(8)2-3-9-6/h2-4,8H,7H2,1H3. The number of aromatic hydroxyl groups is 1. The molecule has 0 aliphatic heterocycles. The van der Waals surface area contributed by atoms with Crippen molar-refractivity contribution in [3.05, 3.63) is 16.3 Å². The highest BCUT2D eigenvalue weighted by atomic mass is 32.1. The zero-order valence-electron chi connectivity index (χ0n) is 5.16. The molecular weight excluding hydrogens is 134 g/mol. The van der Waals surface area contributed by atoms with Crippen molar-refractivity contribution in [2.24, 2.45) is 5.73 Å². The molecule has 1 aromatic heterocycles. The molecule has 3 N–H and O–H groups in total. The lowest BCUT2D eigenvalue weighted by Crippen LogP contribution is -2.01. The summed E-state index contributed by atoms with van der Waals surface area (Å²) in [4.78, 5) is 0.856. The minimum Gasteiger partial charge on any atom is -0.507 e. The molecule has 2 nitrogen and oxygen atoms in total. The smallest absolute Gasteiger partial charge is 0.131 e. The number of rotatable bonds is 1. The summed E-state index contributed by atoms with van der Waals surface area (Å²) in [6.07, 6.45) is 0. The van der Waals surface area contributed by atoms with Gasteiger partial charge in [0.1, 0.15) is 5.75 Å². The monoisotopic (exact) mass is 143 g/mol. The SMILES string of the molecule is CC(N)c1sccc1O. The van der Waals surface area contributed by atoms with E-state index in [0.717, 1.165) is 4.88 Å². The molecule has 0 radical (unpaired) electrons.